The Bertz CT molecular complexity index is 1830. The first-order valence-electron chi connectivity index (χ1n) is 18.9. The predicted molar refractivity (Wildman–Crippen MR) is 204 cm³/mol. The maximum absolute atomic E-state index is 14.5. The largest absolute Gasteiger partial charge is 0.465 e. The summed E-state index contributed by atoms with van der Waals surface area (Å²) in [4.78, 5) is 60.4. The fourth-order valence-corrected chi connectivity index (χ4v) is 7.73. The highest BCUT2D eigenvalue weighted by Gasteiger charge is 2.47. The summed E-state index contributed by atoms with van der Waals surface area (Å²) in [5, 5.41) is 15.6. The number of anilines is 1. The van der Waals surface area contributed by atoms with Gasteiger partial charge in [0.25, 0.3) is 0 Å². The van der Waals surface area contributed by atoms with Crippen molar-refractivity contribution >= 4 is 29.7 Å². The molecule has 3 aliphatic rings. The fraction of sp³-hybridized carbons (Fsp3) is 0.463. The van der Waals surface area contributed by atoms with Crippen LogP contribution in [-0.4, -0.2) is 128 Å². The van der Waals surface area contributed by atoms with Crippen LogP contribution in [0.15, 0.2) is 72.8 Å². The number of rotatable bonds is 12. The average Bonchev–Trinajstić information content (AvgIpc) is 3.48. The van der Waals surface area contributed by atoms with Gasteiger partial charge in [-0.1, -0.05) is 54.6 Å². The highest BCUT2D eigenvalue weighted by atomic mass is 19.1. The summed E-state index contributed by atoms with van der Waals surface area (Å²) >= 11 is 0. The summed E-state index contributed by atoms with van der Waals surface area (Å²) in [5.41, 5.74) is 2.87. The molecule has 0 radical (unpaired) electrons. The molecule has 2 fully saturated rings. The summed E-state index contributed by atoms with van der Waals surface area (Å²) in [6.45, 7) is 9.42. The molecule has 13 nitrogen and oxygen atoms in total. The van der Waals surface area contributed by atoms with E-state index in [9.17, 15) is 28.7 Å². The van der Waals surface area contributed by atoms with Gasteiger partial charge in [-0.15, -0.1) is 0 Å². The maximum atomic E-state index is 14.5. The van der Waals surface area contributed by atoms with Crippen molar-refractivity contribution < 1.29 is 38.1 Å². The fourth-order valence-electron chi connectivity index (χ4n) is 7.73. The Morgan fingerprint density at radius 1 is 0.909 bits per heavy atom. The molecule has 4 atom stereocenters. The summed E-state index contributed by atoms with van der Waals surface area (Å²) in [5.74, 6) is -0.816. The van der Waals surface area contributed by atoms with E-state index in [4.69, 9.17) is 9.47 Å². The molecule has 0 aromatic heterocycles. The lowest BCUT2D eigenvalue weighted by atomic mass is 9.83. The zero-order valence-corrected chi connectivity index (χ0v) is 31.7. The van der Waals surface area contributed by atoms with Crippen LogP contribution >= 0.6 is 0 Å². The van der Waals surface area contributed by atoms with E-state index < -0.39 is 17.6 Å². The number of fused-ring (bicyclic) bond motifs is 1. The van der Waals surface area contributed by atoms with Crippen LogP contribution in [-0.2, 0) is 37.5 Å². The predicted octanol–water partition coefficient (Wildman–Crippen LogP) is 3.84. The van der Waals surface area contributed by atoms with Gasteiger partial charge in [0, 0.05) is 69.6 Å². The highest BCUT2D eigenvalue weighted by molar-refractivity contribution is 6.03. The zero-order valence-electron chi connectivity index (χ0n) is 31.7. The molecule has 3 aromatic rings. The van der Waals surface area contributed by atoms with E-state index in [2.05, 4.69) is 27.4 Å². The van der Waals surface area contributed by atoms with Crippen molar-refractivity contribution in [3.63, 3.8) is 0 Å². The third kappa shape index (κ3) is 9.61. The van der Waals surface area contributed by atoms with Gasteiger partial charge in [-0.05, 0) is 67.6 Å². The topological polar surface area (TPSA) is 144 Å². The first kappa shape index (κ1) is 39.6. The van der Waals surface area contributed by atoms with Crippen molar-refractivity contribution in [1.29, 1.82) is 0 Å². The Morgan fingerprint density at radius 2 is 1.64 bits per heavy atom. The average molecular weight is 759 g/mol. The first-order chi connectivity index (χ1) is 26.4. The van der Waals surface area contributed by atoms with Gasteiger partial charge < -0.3 is 35.0 Å². The number of amides is 4. The van der Waals surface area contributed by atoms with Crippen molar-refractivity contribution in [2.24, 2.45) is 0 Å². The van der Waals surface area contributed by atoms with Crippen molar-refractivity contribution in [2.45, 2.75) is 57.3 Å². The van der Waals surface area contributed by atoms with E-state index in [1.807, 2.05) is 62.4 Å². The molecule has 0 spiro atoms. The summed E-state index contributed by atoms with van der Waals surface area (Å²) in [6, 6.07) is 20.9. The van der Waals surface area contributed by atoms with Gasteiger partial charge in [0.15, 0.2) is 0 Å². The Balaban J connectivity index is 1.18. The molecule has 2 saturated heterocycles. The molecule has 3 heterocycles. The lowest BCUT2D eigenvalue weighted by Gasteiger charge is -2.47. The van der Waals surface area contributed by atoms with Gasteiger partial charge in [-0.25, -0.2) is 14.0 Å². The van der Waals surface area contributed by atoms with Crippen LogP contribution in [0.5, 0.6) is 0 Å². The number of carbonyl (C=O) groups is 4. The second kappa shape index (κ2) is 17.6. The van der Waals surface area contributed by atoms with Crippen molar-refractivity contribution in [3.8, 4) is 0 Å². The lowest BCUT2D eigenvalue weighted by Crippen LogP contribution is -2.64. The molecule has 2 unspecified atom stereocenters. The monoisotopic (exact) mass is 758 g/mol. The Kier molecular flexibility index (Phi) is 12.7. The number of nitrogens with one attached hydrogen (secondary N) is 2. The van der Waals surface area contributed by atoms with E-state index in [1.165, 1.54) is 17.0 Å². The second-order valence-corrected chi connectivity index (χ2v) is 15.0. The number of nitrogens with zero attached hydrogens (tertiary/aromatic N) is 4. The van der Waals surface area contributed by atoms with Crippen LogP contribution in [0, 0.1) is 5.82 Å². The number of halogens is 1. The van der Waals surface area contributed by atoms with Gasteiger partial charge in [-0.3, -0.25) is 19.4 Å². The highest BCUT2D eigenvalue weighted by Crippen LogP contribution is 2.42. The van der Waals surface area contributed by atoms with Crippen molar-refractivity contribution in [3.05, 3.63) is 101 Å². The van der Waals surface area contributed by atoms with Crippen LogP contribution in [0.1, 0.15) is 43.0 Å². The maximum Gasteiger partial charge on any atom is 0.407 e. The summed E-state index contributed by atoms with van der Waals surface area (Å²) in [7, 11) is 0. The molecule has 294 valence electrons. The van der Waals surface area contributed by atoms with E-state index in [0.29, 0.717) is 44.0 Å². The molecule has 0 aliphatic carbocycles. The molecule has 3 aromatic carbocycles. The van der Waals surface area contributed by atoms with E-state index >= 15 is 0 Å². The standard InChI is InChI=1S/C41H51FN6O7/c1-28-21-46(34(23-47(28)40(52)53)22-45-17-18-54-25-29(45)2)24-37(49)48-27-41(3,35-14-11-32(20-36(35)48)19-30-9-12-33(42)13-10-30)38(50)43-15-16-44-39(51)55-26-31-7-5-4-6-8-31/h4-14,20,28-29,34H,15-19,21-27H2,1-3H3,(H,43,50)(H,44,51)(H,52,53)/t28?,29-,34?,41+/m1/s1. The quantitative estimate of drug-likeness (QED) is 0.235. The Morgan fingerprint density at radius 3 is 2.36 bits per heavy atom. The number of piperazine rings is 1. The van der Waals surface area contributed by atoms with Gasteiger partial charge in [0.1, 0.15) is 12.4 Å². The van der Waals surface area contributed by atoms with Gasteiger partial charge in [0.2, 0.25) is 11.8 Å². The summed E-state index contributed by atoms with van der Waals surface area (Å²) in [6.07, 6.45) is -1.08. The molecule has 0 saturated carbocycles. The SMILES string of the molecule is CC1CN(CC(=O)N2C[C@](C)(C(=O)NCCNC(=O)OCc3ccccc3)c3ccc(Cc4ccc(F)cc4)cc32)C(CN2CCOC[C@H]2C)CN1C(=O)O. The minimum absolute atomic E-state index is 0.0372. The summed E-state index contributed by atoms with van der Waals surface area (Å²) < 4.78 is 24.6. The molecule has 3 aliphatic heterocycles. The zero-order chi connectivity index (χ0) is 39.1. The van der Waals surface area contributed by atoms with E-state index in [1.54, 1.807) is 17.0 Å². The number of hydrogen-bond donors (Lipinski definition) is 3. The van der Waals surface area contributed by atoms with Crippen molar-refractivity contribution in [1.82, 2.24) is 25.3 Å². The number of hydrogen-bond acceptors (Lipinski definition) is 8. The Hall–Kier alpha value is -5.05. The lowest BCUT2D eigenvalue weighted by molar-refractivity contribution is -0.126. The van der Waals surface area contributed by atoms with Crippen LogP contribution in [0.2, 0.25) is 0 Å². The number of carbonyl (C=O) groups excluding carboxylic acids is 3. The smallest absolute Gasteiger partial charge is 0.407 e. The van der Waals surface area contributed by atoms with Gasteiger partial charge in [-0.2, -0.15) is 0 Å². The van der Waals surface area contributed by atoms with Crippen LogP contribution < -0.4 is 15.5 Å². The van der Waals surface area contributed by atoms with Gasteiger partial charge in [0.05, 0.1) is 25.2 Å². The van der Waals surface area contributed by atoms with E-state index in [-0.39, 0.29) is 75.1 Å². The molecule has 3 N–H and O–H groups in total. The normalized spacial score (nSPS) is 22.9. The molecule has 55 heavy (non-hydrogen) atoms. The molecule has 14 heteroatoms. The number of carboxylic acid groups (broad SMARTS) is 1. The number of ether oxygens (including phenoxy) is 2. The van der Waals surface area contributed by atoms with Crippen molar-refractivity contribution in [2.75, 3.05) is 70.5 Å². The number of benzene rings is 3. The Labute approximate surface area is 321 Å². The van der Waals surface area contributed by atoms with E-state index in [0.717, 1.165) is 23.2 Å². The third-order valence-electron chi connectivity index (χ3n) is 10.9. The number of alkyl carbamates (subject to hydrolysis) is 1. The molecular formula is C41H51FN6O7. The third-order valence-corrected chi connectivity index (χ3v) is 10.9. The molecule has 6 rings (SSSR count). The van der Waals surface area contributed by atoms with Gasteiger partial charge >= 0.3 is 12.2 Å². The first-order valence-corrected chi connectivity index (χ1v) is 18.9. The molecule has 4 amide bonds. The number of morpholine rings is 1. The minimum atomic E-state index is -1.11. The van der Waals surface area contributed by atoms with Crippen LogP contribution in [0.25, 0.3) is 0 Å². The van der Waals surface area contributed by atoms with Crippen LogP contribution in [0.3, 0.4) is 0 Å². The molecular weight excluding hydrogens is 707 g/mol. The molecule has 0 bridgehead atoms. The van der Waals surface area contributed by atoms with Crippen LogP contribution in [0.4, 0.5) is 19.7 Å². The second-order valence-electron chi connectivity index (χ2n) is 15.0. The minimum Gasteiger partial charge on any atom is -0.465 e.